The van der Waals surface area contributed by atoms with Gasteiger partial charge in [0.25, 0.3) is 0 Å². The minimum atomic E-state index is -0.144. The van der Waals surface area contributed by atoms with E-state index >= 15 is 0 Å². The predicted molar refractivity (Wildman–Crippen MR) is 44.8 cm³/mol. The molecule has 0 radical (unpaired) electrons. The van der Waals surface area contributed by atoms with Crippen molar-refractivity contribution in [1.82, 2.24) is 5.32 Å². The van der Waals surface area contributed by atoms with Crippen molar-refractivity contribution in [1.29, 1.82) is 0 Å². The number of likely N-dealkylation sites (N-methyl/N-ethyl adjacent to an activating group) is 1. The summed E-state index contributed by atoms with van der Waals surface area (Å²) in [5, 5.41) is 2.36. The molecule has 0 saturated heterocycles. The molecule has 0 unspecified atom stereocenters. The van der Waals surface area contributed by atoms with Crippen molar-refractivity contribution in [2.75, 3.05) is 7.05 Å². The Kier molecular flexibility index (Phi) is 12.7. The number of allylic oxidation sites excluding steroid dienone is 1. The fourth-order valence-electron chi connectivity index (χ4n) is 0.102. The summed E-state index contributed by atoms with van der Waals surface area (Å²) in [7, 11) is 1.56. The van der Waals surface area contributed by atoms with Crippen LogP contribution >= 0.6 is 0 Å². The second kappa shape index (κ2) is 10.8. The minimum Gasteiger partial charge on any atom is -0.356 e. The molecule has 2 heteroatoms. The number of amides is 1. The Hall–Kier alpha value is -1.05. The zero-order valence-corrected chi connectivity index (χ0v) is 6.68. The zero-order chi connectivity index (χ0) is 8.41. The summed E-state index contributed by atoms with van der Waals surface area (Å²) in [6.45, 7) is 8.76. The highest BCUT2D eigenvalue weighted by atomic mass is 16.1. The molecule has 0 atom stereocenters. The van der Waals surface area contributed by atoms with Crippen molar-refractivity contribution < 1.29 is 4.79 Å². The van der Waals surface area contributed by atoms with E-state index in [1.165, 1.54) is 6.08 Å². The van der Waals surface area contributed by atoms with E-state index in [4.69, 9.17) is 0 Å². The van der Waals surface area contributed by atoms with Crippen LogP contribution in [0.15, 0.2) is 25.3 Å². The van der Waals surface area contributed by atoms with Gasteiger partial charge in [-0.15, -0.1) is 6.58 Å². The predicted octanol–water partition coefficient (Wildman–Crippen LogP) is 1.50. The zero-order valence-electron chi connectivity index (χ0n) is 6.68. The average molecular weight is 141 g/mol. The lowest BCUT2D eigenvalue weighted by Crippen LogP contribution is -2.13. The molecule has 0 bridgehead atoms. The van der Waals surface area contributed by atoms with Crippen LogP contribution in [0.25, 0.3) is 0 Å². The number of hydrogen-bond donors (Lipinski definition) is 1. The maximum atomic E-state index is 9.95. The van der Waals surface area contributed by atoms with Crippen molar-refractivity contribution in [2.24, 2.45) is 0 Å². The third-order valence-corrected chi connectivity index (χ3v) is 0.720. The first kappa shape index (κ1) is 11.7. The number of carbonyl (C=O) groups is 1. The van der Waals surface area contributed by atoms with Crippen LogP contribution in [0.3, 0.4) is 0 Å². The Labute approximate surface area is 62.6 Å². The lowest BCUT2D eigenvalue weighted by Gasteiger charge is -1.82. The molecule has 0 fully saturated rings. The van der Waals surface area contributed by atoms with Crippen LogP contribution in [0.4, 0.5) is 0 Å². The van der Waals surface area contributed by atoms with E-state index in [1.54, 1.807) is 7.05 Å². The molecule has 0 aliphatic heterocycles. The van der Waals surface area contributed by atoms with Gasteiger partial charge in [0.05, 0.1) is 0 Å². The Bertz CT molecular complexity index is 108. The highest BCUT2D eigenvalue weighted by Crippen LogP contribution is 1.66. The van der Waals surface area contributed by atoms with Crippen molar-refractivity contribution >= 4 is 5.91 Å². The molecule has 2 nitrogen and oxygen atoms in total. The quantitative estimate of drug-likeness (QED) is 0.458. The third-order valence-electron chi connectivity index (χ3n) is 0.720. The van der Waals surface area contributed by atoms with Crippen molar-refractivity contribution in [3.8, 4) is 0 Å². The fourth-order valence-corrected chi connectivity index (χ4v) is 0.102. The van der Waals surface area contributed by atoms with E-state index in [0.29, 0.717) is 0 Å². The topological polar surface area (TPSA) is 29.1 Å². The molecule has 0 saturated carbocycles. The van der Waals surface area contributed by atoms with E-state index in [-0.39, 0.29) is 5.91 Å². The molecule has 0 aliphatic carbocycles. The van der Waals surface area contributed by atoms with Crippen LogP contribution in [0.1, 0.15) is 13.3 Å². The van der Waals surface area contributed by atoms with Crippen LogP contribution < -0.4 is 5.32 Å². The molecule has 0 spiro atoms. The summed E-state index contributed by atoms with van der Waals surface area (Å²) in [4.78, 5) is 9.95. The van der Waals surface area contributed by atoms with Crippen LogP contribution in [-0.4, -0.2) is 13.0 Å². The Morgan fingerprint density at radius 1 is 1.60 bits per heavy atom. The smallest absolute Gasteiger partial charge is 0.243 e. The lowest BCUT2D eigenvalue weighted by molar-refractivity contribution is -0.116. The van der Waals surface area contributed by atoms with E-state index in [2.05, 4.69) is 25.4 Å². The molecule has 58 valence electrons. The van der Waals surface area contributed by atoms with Gasteiger partial charge in [0.1, 0.15) is 0 Å². The molecule has 0 aromatic heterocycles. The van der Waals surface area contributed by atoms with Crippen LogP contribution in [-0.2, 0) is 4.79 Å². The molecule has 10 heavy (non-hydrogen) atoms. The number of nitrogens with one attached hydrogen (secondary N) is 1. The first-order valence-electron chi connectivity index (χ1n) is 3.17. The van der Waals surface area contributed by atoms with E-state index in [0.717, 1.165) is 6.42 Å². The number of hydrogen-bond acceptors (Lipinski definition) is 1. The van der Waals surface area contributed by atoms with Crippen LogP contribution in [0.2, 0.25) is 0 Å². The molecule has 0 heterocycles. The second-order valence-electron chi connectivity index (χ2n) is 1.52. The minimum absolute atomic E-state index is 0.144. The van der Waals surface area contributed by atoms with Crippen LogP contribution in [0, 0.1) is 0 Å². The number of rotatable bonds is 2. The van der Waals surface area contributed by atoms with Gasteiger partial charge in [-0.2, -0.15) is 0 Å². The lowest BCUT2D eigenvalue weighted by atomic mass is 10.5. The number of carbonyl (C=O) groups excluding carboxylic acids is 1. The summed E-state index contributed by atoms with van der Waals surface area (Å²) < 4.78 is 0. The van der Waals surface area contributed by atoms with Gasteiger partial charge in [0.15, 0.2) is 0 Å². The van der Waals surface area contributed by atoms with Crippen molar-refractivity contribution in [3.63, 3.8) is 0 Å². The monoisotopic (exact) mass is 141 g/mol. The van der Waals surface area contributed by atoms with Gasteiger partial charge < -0.3 is 5.32 Å². The largest absolute Gasteiger partial charge is 0.356 e. The molecule has 0 aromatic carbocycles. The highest BCUT2D eigenvalue weighted by Gasteiger charge is 1.78. The Balaban J connectivity index is 0. The average Bonchev–Trinajstić information content (AvgIpc) is 2.03. The summed E-state index contributed by atoms with van der Waals surface area (Å²) in [5.41, 5.74) is 0. The van der Waals surface area contributed by atoms with Gasteiger partial charge in [-0.05, 0) is 12.5 Å². The van der Waals surface area contributed by atoms with E-state index < -0.39 is 0 Å². The Morgan fingerprint density at radius 3 is 2.00 bits per heavy atom. The van der Waals surface area contributed by atoms with Crippen molar-refractivity contribution in [3.05, 3.63) is 25.3 Å². The normalized spacial score (nSPS) is 6.60. The molecule has 0 rings (SSSR count). The summed E-state index contributed by atoms with van der Waals surface area (Å²) >= 11 is 0. The molecule has 1 amide bonds. The summed E-state index contributed by atoms with van der Waals surface area (Å²) in [6.07, 6.45) is 4.18. The second-order valence-corrected chi connectivity index (χ2v) is 1.52. The third kappa shape index (κ3) is 15.8. The van der Waals surface area contributed by atoms with E-state index in [9.17, 15) is 4.79 Å². The highest BCUT2D eigenvalue weighted by molar-refractivity contribution is 5.86. The van der Waals surface area contributed by atoms with Gasteiger partial charge in [-0.3, -0.25) is 4.79 Å². The maximum absolute atomic E-state index is 9.95. The van der Waals surface area contributed by atoms with Crippen LogP contribution in [0.5, 0.6) is 0 Å². The summed E-state index contributed by atoms with van der Waals surface area (Å²) in [5.74, 6) is -0.144. The van der Waals surface area contributed by atoms with Gasteiger partial charge in [-0.1, -0.05) is 19.6 Å². The van der Waals surface area contributed by atoms with Gasteiger partial charge in [0, 0.05) is 7.05 Å². The molecule has 0 aromatic rings. The molecular weight excluding hydrogens is 126 g/mol. The van der Waals surface area contributed by atoms with Crippen molar-refractivity contribution in [2.45, 2.75) is 13.3 Å². The maximum Gasteiger partial charge on any atom is 0.243 e. The SMILES string of the molecule is C=CC(=O)NC.C=CCC. The molecular formula is C8H15NO. The molecule has 0 aliphatic rings. The first-order chi connectivity index (χ1) is 4.72. The van der Waals surface area contributed by atoms with Gasteiger partial charge in [-0.25, -0.2) is 0 Å². The fraction of sp³-hybridized carbons (Fsp3) is 0.375. The Morgan fingerprint density at radius 2 is 2.00 bits per heavy atom. The van der Waals surface area contributed by atoms with E-state index in [1.807, 2.05) is 6.08 Å². The van der Waals surface area contributed by atoms with Gasteiger partial charge in [0.2, 0.25) is 5.91 Å². The standard InChI is InChI=1S/C4H7NO.C4H8/c1-3-4(6)5-2;1-3-4-2/h3H,1H2,2H3,(H,5,6);3H,1,4H2,2H3. The first-order valence-corrected chi connectivity index (χ1v) is 3.17. The summed E-state index contributed by atoms with van der Waals surface area (Å²) in [6, 6.07) is 0. The molecule has 1 N–H and O–H groups in total. The van der Waals surface area contributed by atoms with Gasteiger partial charge >= 0.3 is 0 Å².